The highest BCUT2D eigenvalue weighted by atomic mass is 19.3. The van der Waals surface area contributed by atoms with Crippen LogP contribution in [-0.2, 0) is 40.3 Å². The van der Waals surface area contributed by atoms with Gasteiger partial charge in [-0.25, -0.2) is 13.8 Å². The Kier molecular flexibility index (Phi) is 9.43. The number of hydrogen-bond acceptors (Lipinski definition) is 10. The number of anilines is 3. The molecule has 3 aromatic heterocycles. The van der Waals surface area contributed by atoms with Crippen molar-refractivity contribution < 1.29 is 37.4 Å². The first-order valence-electron chi connectivity index (χ1n) is 20.7. The molecule has 0 saturated carbocycles. The van der Waals surface area contributed by atoms with Gasteiger partial charge in [0.25, 0.3) is 12.3 Å². The minimum absolute atomic E-state index is 0.0383. The zero-order valence-electron chi connectivity index (χ0n) is 34.1. The molecule has 316 valence electrons. The molecule has 0 aliphatic carbocycles. The second-order valence-corrected chi connectivity index (χ2v) is 16.4. The average molecular weight is 834 g/mol. The molecular formula is C44H45F2N9O6. The number of nitrogens with zero attached hydrogens (tertiary/aromatic N) is 8. The summed E-state index contributed by atoms with van der Waals surface area (Å²) in [5, 5.41) is 7.69. The van der Waals surface area contributed by atoms with Crippen LogP contribution in [0.4, 0.5) is 26.0 Å². The maximum atomic E-state index is 15.2. The topological polar surface area (TPSA) is 147 Å². The van der Waals surface area contributed by atoms with Crippen LogP contribution >= 0.6 is 0 Å². The SMILES string of the molecule is COc1cn2ccnc2cc1-c1cc2c(cc1C(F)F)N(c1nn([C@H]3CCN(c4cc5c(c(OC)c4)C(=O)N(C4CCC(=O)NC4=O)C5)C3)c3c1CN(C(C)=O)CC3)CCC2. The van der Waals surface area contributed by atoms with Gasteiger partial charge >= 0.3 is 0 Å². The number of carbonyl (C=O) groups is 4. The van der Waals surface area contributed by atoms with Crippen LogP contribution in [0.3, 0.4) is 0 Å². The number of imide groups is 1. The van der Waals surface area contributed by atoms with E-state index in [1.807, 2.05) is 23.1 Å². The van der Waals surface area contributed by atoms with Crippen LogP contribution < -0.4 is 24.6 Å². The number of alkyl halides is 2. The number of pyridine rings is 1. The Morgan fingerprint density at radius 1 is 0.918 bits per heavy atom. The number of imidazole rings is 1. The number of fused-ring (bicyclic) bond motifs is 4. The minimum Gasteiger partial charge on any atom is -0.496 e. The number of ether oxygens (including phenoxy) is 2. The van der Waals surface area contributed by atoms with E-state index in [4.69, 9.17) is 14.6 Å². The Hall–Kier alpha value is -6.52. The summed E-state index contributed by atoms with van der Waals surface area (Å²) < 4.78 is 45.7. The fourth-order valence-corrected chi connectivity index (χ4v) is 9.99. The third-order valence-corrected chi connectivity index (χ3v) is 13.0. The molecule has 4 amide bonds. The Bertz CT molecular complexity index is 2660. The van der Waals surface area contributed by atoms with Crippen molar-refractivity contribution in [2.75, 3.05) is 50.2 Å². The van der Waals surface area contributed by atoms with Crippen LogP contribution in [0.2, 0.25) is 0 Å². The molecule has 2 fully saturated rings. The van der Waals surface area contributed by atoms with Crippen LogP contribution in [0, 0.1) is 0 Å². The molecule has 5 aromatic rings. The van der Waals surface area contributed by atoms with Crippen LogP contribution in [0.5, 0.6) is 11.5 Å². The fraction of sp³-hybridized carbons (Fsp3) is 0.409. The molecular weight excluding hydrogens is 789 g/mol. The molecule has 0 radical (unpaired) electrons. The van der Waals surface area contributed by atoms with Crippen molar-refractivity contribution in [3.05, 3.63) is 82.4 Å². The minimum atomic E-state index is -2.77. The van der Waals surface area contributed by atoms with Gasteiger partial charge < -0.3 is 33.5 Å². The number of methoxy groups -OCH3 is 2. The predicted octanol–water partition coefficient (Wildman–Crippen LogP) is 5.35. The predicted molar refractivity (Wildman–Crippen MR) is 219 cm³/mol. The fourth-order valence-electron chi connectivity index (χ4n) is 9.99. The van der Waals surface area contributed by atoms with E-state index >= 15 is 8.78 Å². The third-order valence-electron chi connectivity index (χ3n) is 13.0. The first kappa shape index (κ1) is 38.7. The highest BCUT2D eigenvalue weighted by Crippen LogP contribution is 2.46. The normalized spacial score (nSPS) is 20.1. The molecule has 5 aliphatic heterocycles. The number of aryl methyl sites for hydroxylation is 1. The number of amides is 4. The van der Waals surface area contributed by atoms with Crippen molar-refractivity contribution in [1.29, 1.82) is 0 Å². The summed E-state index contributed by atoms with van der Waals surface area (Å²) in [4.78, 5) is 63.0. The Morgan fingerprint density at radius 2 is 1.75 bits per heavy atom. The number of nitrogens with one attached hydrogen (secondary N) is 1. The Labute approximate surface area is 349 Å². The average Bonchev–Trinajstić information content (AvgIpc) is 4.07. The van der Waals surface area contributed by atoms with Gasteiger partial charge in [0.15, 0.2) is 5.82 Å². The van der Waals surface area contributed by atoms with Crippen LogP contribution in [-0.4, -0.2) is 99.0 Å². The van der Waals surface area contributed by atoms with Gasteiger partial charge in [0.1, 0.15) is 23.2 Å². The highest BCUT2D eigenvalue weighted by molar-refractivity contribution is 6.07. The van der Waals surface area contributed by atoms with Gasteiger partial charge in [-0.3, -0.25) is 29.2 Å². The van der Waals surface area contributed by atoms with E-state index in [0.29, 0.717) is 90.9 Å². The summed E-state index contributed by atoms with van der Waals surface area (Å²) in [6.07, 6.45) is 5.68. The van der Waals surface area contributed by atoms with Crippen molar-refractivity contribution >= 4 is 46.5 Å². The maximum Gasteiger partial charge on any atom is 0.264 e. The molecule has 2 saturated heterocycles. The van der Waals surface area contributed by atoms with Crippen molar-refractivity contribution in [2.45, 2.75) is 77.0 Å². The van der Waals surface area contributed by atoms with Crippen molar-refractivity contribution in [1.82, 2.24) is 34.3 Å². The summed E-state index contributed by atoms with van der Waals surface area (Å²) in [6.45, 7) is 4.57. The van der Waals surface area contributed by atoms with Gasteiger partial charge in [0.2, 0.25) is 17.7 Å². The second-order valence-electron chi connectivity index (χ2n) is 16.4. The van der Waals surface area contributed by atoms with Crippen LogP contribution in [0.1, 0.15) is 83.4 Å². The number of hydrogen-bond donors (Lipinski definition) is 1. The van der Waals surface area contributed by atoms with Crippen LogP contribution in [0.15, 0.2) is 48.9 Å². The second kappa shape index (κ2) is 14.9. The van der Waals surface area contributed by atoms with Gasteiger partial charge in [0.05, 0.1) is 38.6 Å². The molecule has 5 aliphatic rings. The van der Waals surface area contributed by atoms with E-state index in [1.165, 1.54) is 19.1 Å². The first-order chi connectivity index (χ1) is 29.5. The highest BCUT2D eigenvalue weighted by Gasteiger charge is 2.42. The van der Waals surface area contributed by atoms with Crippen molar-refractivity contribution in [3.8, 4) is 22.6 Å². The molecule has 0 spiro atoms. The molecule has 2 aromatic carbocycles. The standard InChI is InChI=1S/C44H45F2N9O6/c1-24(56)50-13-9-33-32(22-50)42(53-11-4-5-25-16-29(31(41(45)46)18-35(25)53)30-19-38-47-10-14-52(38)23-37(30)61-3)49-55(33)27-8-12-51(21-27)28-15-26-20-54(34-6-7-39(57)48-43(34)58)44(59)40(26)36(17-28)60-2/h10,14-19,23,27,34,41H,4-9,11-13,20-22H2,1-3H3,(H,48,57,58)/t27-,34?/m0/s1. The lowest BCUT2D eigenvalue weighted by Gasteiger charge is -2.33. The molecule has 17 heteroatoms. The van der Waals surface area contributed by atoms with E-state index in [2.05, 4.69) is 24.8 Å². The van der Waals surface area contributed by atoms with E-state index in [0.717, 1.165) is 40.9 Å². The smallest absolute Gasteiger partial charge is 0.264 e. The van der Waals surface area contributed by atoms with Gasteiger partial charge in [-0.2, -0.15) is 5.10 Å². The van der Waals surface area contributed by atoms with E-state index in [-0.39, 0.29) is 48.7 Å². The Morgan fingerprint density at radius 3 is 2.52 bits per heavy atom. The Balaban J connectivity index is 0.986. The maximum absolute atomic E-state index is 15.2. The van der Waals surface area contributed by atoms with E-state index < -0.39 is 18.4 Å². The zero-order chi connectivity index (χ0) is 42.3. The summed E-state index contributed by atoms with van der Waals surface area (Å²) in [5.41, 5.74) is 7.07. The van der Waals surface area contributed by atoms with Crippen LogP contribution in [0.25, 0.3) is 16.8 Å². The number of carbonyl (C=O) groups excluding carboxylic acids is 4. The summed E-state index contributed by atoms with van der Waals surface area (Å²) in [6, 6.07) is 8.32. The monoisotopic (exact) mass is 833 g/mol. The quantitative estimate of drug-likeness (QED) is 0.203. The van der Waals surface area contributed by atoms with E-state index in [1.54, 1.807) is 42.0 Å². The summed E-state index contributed by atoms with van der Waals surface area (Å²) in [7, 11) is 3.05. The molecule has 10 rings (SSSR count). The van der Waals surface area contributed by atoms with Crippen molar-refractivity contribution in [2.24, 2.45) is 0 Å². The van der Waals surface area contributed by atoms with Gasteiger partial charge in [-0.05, 0) is 66.6 Å². The first-order valence-corrected chi connectivity index (χ1v) is 20.7. The number of rotatable bonds is 8. The largest absolute Gasteiger partial charge is 0.496 e. The molecule has 8 heterocycles. The lowest BCUT2D eigenvalue weighted by atomic mass is 9.91. The molecule has 1 N–H and O–H groups in total. The third kappa shape index (κ3) is 6.43. The lowest BCUT2D eigenvalue weighted by Crippen LogP contribution is -2.52. The number of piperidine rings is 1. The zero-order valence-corrected chi connectivity index (χ0v) is 34.1. The molecule has 15 nitrogen and oxygen atoms in total. The lowest BCUT2D eigenvalue weighted by molar-refractivity contribution is -0.137. The number of benzene rings is 2. The summed E-state index contributed by atoms with van der Waals surface area (Å²) >= 11 is 0. The molecule has 2 atom stereocenters. The van der Waals surface area contributed by atoms with Gasteiger partial charge in [-0.1, -0.05) is 0 Å². The number of aromatic nitrogens is 4. The molecule has 61 heavy (non-hydrogen) atoms. The number of halogens is 2. The molecule has 1 unspecified atom stereocenters. The van der Waals surface area contributed by atoms with Gasteiger partial charge in [0, 0.05) is 105 Å². The van der Waals surface area contributed by atoms with E-state index in [9.17, 15) is 19.2 Å². The van der Waals surface area contributed by atoms with Crippen molar-refractivity contribution in [3.63, 3.8) is 0 Å². The van der Waals surface area contributed by atoms with Gasteiger partial charge in [-0.15, -0.1) is 0 Å². The summed E-state index contributed by atoms with van der Waals surface area (Å²) in [5.74, 6) is 0.420. The molecule has 0 bridgehead atoms.